The number of alkyl halides is 3. The van der Waals surface area contributed by atoms with E-state index in [-0.39, 0.29) is 23.2 Å². The van der Waals surface area contributed by atoms with Crippen LogP contribution < -0.4 is 15.1 Å². The highest BCUT2D eigenvalue weighted by Gasteiger charge is 2.31. The van der Waals surface area contributed by atoms with Gasteiger partial charge in [0.25, 0.3) is 5.91 Å². The number of anilines is 2. The number of nitrogens with zero attached hydrogens (tertiary/aromatic N) is 1. The van der Waals surface area contributed by atoms with E-state index in [9.17, 15) is 18.0 Å². The van der Waals surface area contributed by atoms with Gasteiger partial charge in [-0.25, -0.2) is 0 Å². The minimum atomic E-state index is -4.48. The number of para-hydroxylation sites is 1. The van der Waals surface area contributed by atoms with Crippen LogP contribution in [-0.4, -0.2) is 38.6 Å². The van der Waals surface area contributed by atoms with Crippen molar-refractivity contribution in [2.24, 2.45) is 0 Å². The molecule has 27 heavy (non-hydrogen) atoms. The van der Waals surface area contributed by atoms with E-state index >= 15 is 0 Å². The van der Waals surface area contributed by atoms with Crippen molar-refractivity contribution >= 4 is 28.9 Å². The van der Waals surface area contributed by atoms with E-state index in [0.29, 0.717) is 0 Å². The predicted octanol–water partition coefficient (Wildman–Crippen LogP) is 2.70. The van der Waals surface area contributed by atoms with Gasteiger partial charge < -0.3 is 15.1 Å². The maximum Gasteiger partial charge on any atom is 0.416 e. The first-order valence-corrected chi connectivity index (χ1v) is 9.01. The fraction of sp³-hybridized carbons (Fsp3) is 0.316. The largest absolute Gasteiger partial charge is 0.416 e. The van der Waals surface area contributed by atoms with Gasteiger partial charge in [-0.15, -0.1) is 0 Å². The SMILES string of the molecule is O=C(C[NH+]1CCN(c2ccccc2)CC1)Nc1cc(C(F)(F)F)ccc1Cl. The molecule has 144 valence electrons. The minimum Gasteiger partial charge on any atom is -0.360 e. The lowest BCUT2D eigenvalue weighted by Gasteiger charge is -2.33. The van der Waals surface area contributed by atoms with Crippen molar-refractivity contribution in [2.45, 2.75) is 6.18 Å². The molecule has 4 nitrogen and oxygen atoms in total. The molecule has 0 aliphatic carbocycles. The summed E-state index contributed by atoms with van der Waals surface area (Å²) in [6.45, 7) is 3.38. The Morgan fingerprint density at radius 2 is 1.78 bits per heavy atom. The maximum atomic E-state index is 12.8. The van der Waals surface area contributed by atoms with Gasteiger partial charge in [0.2, 0.25) is 0 Å². The smallest absolute Gasteiger partial charge is 0.360 e. The van der Waals surface area contributed by atoms with Crippen molar-refractivity contribution < 1.29 is 22.9 Å². The molecule has 0 radical (unpaired) electrons. The maximum absolute atomic E-state index is 12.8. The summed E-state index contributed by atoms with van der Waals surface area (Å²) in [6, 6.07) is 12.9. The van der Waals surface area contributed by atoms with Gasteiger partial charge in [0.1, 0.15) is 0 Å². The van der Waals surface area contributed by atoms with Crippen LogP contribution in [0.4, 0.5) is 24.5 Å². The third-order valence-electron chi connectivity index (χ3n) is 4.57. The zero-order valence-electron chi connectivity index (χ0n) is 14.5. The third-order valence-corrected chi connectivity index (χ3v) is 4.90. The summed E-state index contributed by atoms with van der Waals surface area (Å²) in [7, 11) is 0. The number of hydrogen-bond donors (Lipinski definition) is 2. The highest BCUT2D eigenvalue weighted by Crippen LogP contribution is 2.33. The number of quaternary nitrogens is 1. The van der Waals surface area contributed by atoms with Gasteiger partial charge in [0.05, 0.1) is 42.5 Å². The van der Waals surface area contributed by atoms with Crippen LogP contribution in [-0.2, 0) is 11.0 Å². The highest BCUT2D eigenvalue weighted by atomic mass is 35.5. The number of hydrogen-bond acceptors (Lipinski definition) is 2. The van der Waals surface area contributed by atoms with Crippen LogP contribution in [0.3, 0.4) is 0 Å². The Kier molecular flexibility index (Phi) is 5.92. The zero-order chi connectivity index (χ0) is 19.4. The van der Waals surface area contributed by atoms with Crippen molar-refractivity contribution in [3.8, 4) is 0 Å². The Labute approximate surface area is 160 Å². The molecule has 2 aromatic rings. The number of carbonyl (C=O) groups is 1. The topological polar surface area (TPSA) is 36.8 Å². The van der Waals surface area contributed by atoms with E-state index < -0.39 is 11.7 Å². The van der Waals surface area contributed by atoms with E-state index in [1.165, 1.54) is 0 Å². The molecular weight excluding hydrogens is 379 g/mol. The van der Waals surface area contributed by atoms with Crippen molar-refractivity contribution in [3.63, 3.8) is 0 Å². The van der Waals surface area contributed by atoms with Crippen LogP contribution in [0.2, 0.25) is 5.02 Å². The van der Waals surface area contributed by atoms with E-state index in [1.54, 1.807) is 0 Å². The van der Waals surface area contributed by atoms with Gasteiger partial charge in [0.15, 0.2) is 6.54 Å². The van der Waals surface area contributed by atoms with Crippen LogP contribution >= 0.6 is 11.6 Å². The molecule has 1 saturated heterocycles. The second kappa shape index (κ2) is 8.19. The van der Waals surface area contributed by atoms with Gasteiger partial charge >= 0.3 is 6.18 Å². The molecule has 0 bridgehead atoms. The lowest BCUT2D eigenvalue weighted by atomic mass is 10.2. The van der Waals surface area contributed by atoms with Gasteiger partial charge in [-0.1, -0.05) is 29.8 Å². The minimum absolute atomic E-state index is 0.0150. The summed E-state index contributed by atoms with van der Waals surface area (Å²) in [5, 5.41) is 2.59. The Morgan fingerprint density at radius 1 is 1.11 bits per heavy atom. The quantitative estimate of drug-likeness (QED) is 0.831. The molecule has 0 unspecified atom stereocenters. The summed E-state index contributed by atoms with van der Waals surface area (Å²) in [4.78, 5) is 15.6. The van der Waals surface area contributed by atoms with Gasteiger partial charge in [-0.05, 0) is 30.3 Å². The molecule has 2 N–H and O–H groups in total. The molecule has 3 rings (SSSR count). The average molecular weight is 399 g/mol. The molecule has 0 saturated carbocycles. The second-order valence-electron chi connectivity index (χ2n) is 6.49. The number of carbonyl (C=O) groups excluding carboxylic acids is 1. The average Bonchev–Trinajstić information content (AvgIpc) is 2.64. The molecule has 0 atom stereocenters. The first-order valence-electron chi connectivity index (χ1n) is 8.63. The van der Waals surface area contributed by atoms with E-state index in [0.717, 1.165) is 55.0 Å². The molecule has 1 aliphatic heterocycles. The Balaban J connectivity index is 1.55. The van der Waals surface area contributed by atoms with Crippen LogP contribution in [0.5, 0.6) is 0 Å². The normalized spacial score (nSPS) is 15.6. The number of nitrogens with one attached hydrogen (secondary N) is 2. The molecule has 0 spiro atoms. The van der Waals surface area contributed by atoms with Crippen LogP contribution in [0.15, 0.2) is 48.5 Å². The number of rotatable bonds is 4. The van der Waals surface area contributed by atoms with Crippen LogP contribution in [0.1, 0.15) is 5.56 Å². The molecule has 1 amide bonds. The Hall–Kier alpha value is -2.25. The fourth-order valence-electron chi connectivity index (χ4n) is 3.12. The Morgan fingerprint density at radius 3 is 2.41 bits per heavy atom. The van der Waals surface area contributed by atoms with Crippen molar-refractivity contribution in [1.82, 2.24) is 0 Å². The number of piperazine rings is 1. The zero-order valence-corrected chi connectivity index (χ0v) is 15.3. The summed E-state index contributed by atoms with van der Waals surface area (Å²) < 4.78 is 38.5. The molecule has 2 aromatic carbocycles. The first-order chi connectivity index (χ1) is 12.8. The summed E-state index contributed by atoms with van der Waals surface area (Å²) in [6.07, 6.45) is -4.48. The monoisotopic (exact) mass is 398 g/mol. The Bertz CT molecular complexity index is 791. The van der Waals surface area contributed by atoms with Crippen molar-refractivity contribution in [3.05, 3.63) is 59.1 Å². The molecular formula is C19H20ClF3N3O+. The highest BCUT2D eigenvalue weighted by molar-refractivity contribution is 6.33. The van der Waals surface area contributed by atoms with E-state index in [2.05, 4.69) is 10.2 Å². The lowest BCUT2D eigenvalue weighted by molar-refractivity contribution is -0.892. The summed E-state index contributed by atoms with van der Waals surface area (Å²) in [5.74, 6) is -0.348. The summed E-state index contributed by atoms with van der Waals surface area (Å²) >= 11 is 5.92. The first kappa shape index (κ1) is 19.5. The van der Waals surface area contributed by atoms with Crippen LogP contribution in [0.25, 0.3) is 0 Å². The van der Waals surface area contributed by atoms with Crippen molar-refractivity contribution in [2.75, 3.05) is 42.9 Å². The molecule has 0 aromatic heterocycles. The van der Waals surface area contributed by atoms with Gasteiger partial charge in [-0.3, -0.25) is 4.79 Å². The number of amides is 1. The lowest BCUT2D eigenvalue weighted by Crippen LogP contribution is -3.15. The molecule has 8 heteroatoms. The summed E-state index contributed by atoms with van der Waals surface area (Å²) in [5.41, 5.74) is 0.293. The molecule has 1 heterocycles. The number of halogens is 4. The molecule has 1 fully saturated rings. The van der Waals surface area contributed by atoms with E-state index in [1.807, 2.05) is 30.3 Å². The number of benzene rings is 2. The van der Waals surface area contributed by atoms with Crippen LogP contribution in [0, 0.1) is 0 Å². The molecule has 1 aliphatic rings. The standard InChI is InChI=1S/C19H19ClF3N3O/c20-16-7-6-14(19(21,22)23)12-17(16)24-18(27)13-25-8-10-26(11-9-25)15-4-2-1-3-5-15/h1-7,12H,8-11,13H2,(H,24,27)/p+1. The van der Waals surface area contributed by atoms with Gasteiger partial charge in [0, 0.05) is 5.69 Å². The van der Waals surface area contributed by atoms with Crippen molar-refractivity contribution in [1.29, 1.82) is 0 Å². The second-order valence-corrected chi connectivity index (χ2v) is 6.90. The van der Waals surface area contributed by atoms with E-state index in [4.69, 9.17) is 11.6 Å². The fourth-order valence-corrected chi connectivity index (χ4v) is 3.28. The predicted molar refractivity (Wildman–Crippen MR) is 99.3 cm³/mol. The van der Waals surface area contributed by atoms with Gasteiger partial charge in [-0.2, -0.15) is 13.2 Å². The third kappa shape index (κ3) is 5.14.